The van der Waals surface area contributed by atoms with Crippen LogP contribution in [0.3, 0.4) is 0 Å². The van der Waals surface area contributed by atoms with Crippen molar-refractivity contribution in [3.8, 4) is 0 Å². The Balaban J connectivity index is 0.00000243. The molecule has 0 saturated heterocycles. The monoisotopic (exact) mass is 370 g/mol. The van der Waals surface area contributed by atoms with E-state index in [-0.39, 0.29) is 18.5 Å². The number of rotatable bonds is 8. The Morgan fingerprint density at radius 1 is 1.00 bits per heavy atom. The summed E-state index contributed by atoms with van der Waals surface area (Å²) in [7, 11) is 0. The van der Waals surface area contributed by atoms with E-state index in [0.29, 0.717) is 6.04 Å². The highest BCUT2D eigenvalue weighted by molar-refractivity contribution is 5.85. The van der Waals surface area contributed by atoms with Gasteiger partial charge in [0, 0.05) is 30.4 Å². The number of nitrogens with one attached hydrogen (secondary N) is 1. The van der Waals surface area contributed by atoms with Gasteiger partial charge in [-0.3, -0.25) is 4.98 Å². The fourth-order valence-electron chi connectivity index (χ4n) is 3.10. The third-order valence-corrected chi connectivity index (χ3v) is 4.66. The van der Waals surface area contributed by atoms with E-state index in [1.807, 2.05) is 48.8 Å². The van der Waals surface area contributed by atoms with Crippen molar-refractivity contribution in [3.63, 3.8) is 0 Å². The van der Waals surface area contributed by atoms with Crippen LogP contribution in [0.4, 0.5) is 0 Å². The molecule has 26 heavy (non-hydrogen) atoms. The summed E-state index contributed by atoms with van der Waals surface area (Å²) in [5.74, 6) is 0. The second kappa shape index (κ2) is 10.3. The molecule has 0 unspecified atom stereocenters. The second-order valence-electron chi connectivity index (χ2n) is 6.70. The smallest absolute Gasteiger partial charge is 0.0790 e. The van der Waals surface area contributed by atoms with Gasteiger partial charge in [0.2, 0.25) is 0 Å². The van der Waals surface area contributed by atoms with E-state index in [0.717, 1.165) is 31.4 Å². The molecule has 0 aliphatic rings. The van der Waals surface area contributed by atoms with E-state index in [1.165, 1.54) is 16.3 Å². The van der Waals surface area contributed by atoms with Crippen molar-refractivity contribution in [2.45, 2.75) is 44.9 Å². The largest absolute Gasteiger partial charge is 0.388 e. The Labute approximate surface area is 161 Å². The van der Waals surface area contributed by atoms with Gasteiger partial charge in [0.05, 0.1) is 6.10 Å². The molecule has 1 aromatic heterocycles. The molecular weight excluding hydrogens is 344 g/mol. The number of fused-ring (bicyclic) bond motifs is 1. The second-order valence-corrected chi connectivity index (χ2v) is 6.70. The van der Waals surface area contributed by atoms with E-state index in [2.05, 4.69) is 35.4 Å². The van der Waals surface area contributed by atoms with Crippen molar-refractivity contribution in [1.29, 1.82) is 0 Å². The lowest BCUT2D eigenvalue weighted by Crippen LogP contribution is -2.25. The lowest BCUT2D eigenvalue weighted by Gasteiger charge is -2.16. The highest BCUT2D eigenvalue weighted by atomic mass is 35.5. The molecule has 1 heterocycles. The number of nitrogens with zero attached hydrogens (tertiary/aromatic N) is 1. The Morgan fingerprint density at radius 2 is 1.81 bits per heavy atom. The van der Waals surface area contributed by atoms with E-state index in [9.17, 15) is 5.11 Å². The third-order valence-electron chi connectivity index (χ3n) is 4.66. The number of hydrogen-bond acceptors (Lipinski definition) is 3. The predicted octanol–water partition coefficient (Wildman–Crippen LogP) is 5.04. The van der Waals surface area contributed by atoms with Crippen molar-refractivity contribution in [2.75, 3.05) is 0 Å². The average Bonchev–Trinajstić information content (AvgIpc) is 2.67. The van der Waals surface area contributed by atoms with Gasteiger partial charge in [-0.2, -0.15) is 0 Å². The molecule has 2 aromatic carbocycles. The van der Waals surface area contributed by atoms with E-state index < -0.39 is 0 Å². The number of aliphatic hydroxyl groups is 1. The zero-order valence-corrected chi connectivity index (χ0v) is 16.0. The zero-order valence-electron chi connectivity index (χ0n) is 15.1. The Kier molecular flexibility index (Phi) is 8.05. The quantitative estimate of drug-likeness (QED) is 0.584. The normalized spacial score (nSPS) is 13.2. The van der Waals surface area contributed by atoms with E-state index >= 15 is 0 Å². The molecule has 3 nitrogen and oxygen atoms in total. The molecule has 0 aliphatic heterocycles. The molecule has 0 aliphatic carbocycles. The third kappa shape index (κ3) is 5.80. The van der Waals surface area contributed by atoms with Gasteiger partial charge < -0.3 is 10.4 Å². The minimum absolute atomic E-state index is 0. The summed E-state index contributed by atoms with van der Waals surface area (Å²) in [5.41, 5.74) is 2.30. The Bertz CT molecular complexity index is 794. The standard InChI is InChI=1S/C22H26N2O.ClH/c1-17(6-5-9-22(25)19-7-3-2-4-8-19)24-15-18-10-11-21-16-23-13-12-20(21)14-18;/h2-4,7-8,10-14,16-17,22,24-25H,5-6,9,15H2,1H3;1H/t17-,22-;/m1./s1. The molecule has 2 atom stereocenters. The minimum atomic E-state index is -0.359. The molecule has 3 aromatic rings. The van der Waals surface area contributed by atoms with Gasteiger partial charge in [-0.1, -0.05) is 42.5 Å². The number of benzene rings is 2. The highest BCUT2D eigenvalue weighted by Crippen LogP contribution is 2.19. The average molecular weight is 371 g/mol. The van der Waals surface area contributed by atoms with Crippen LogP contribution in [0.5, 0.6) is 0 Å². The van der Waals surface area contributed by atoms with Crippen LogP contribution in [0.15, 0.2) is 67.0 Å². The van der Waals surface area contributed by atoms with Crippen LogP contribution in [0.25, 0.3) is 10.8 Å². The number of aliphatic hydroxyl groups excluding tert-OH is 1. The number of aromatic nitrogens is 1. The van der Waals surface area contributed by atoms with Crippen LogP contribution in [0.1, 0.15) is 43.4 Å². The predicted molar refractivity (Wildman–Crippen MR) is 111 cm³/mol. The first-order valence-corrected chi connectivity index (χ1v) is 9.01. The summed E-state index contributed by atoms with van der Waals surface area (Å²) < 4.78 is 0. The molecule has 0 bridgehead atoms. The number of halogens is 1. The SMILES string of the molecule is C[C@H](CCC[C@@H](O)c1ccccc1)NCc1ccc2cnccc2c1.Cl. The van der Waals surface area contributed by atoms with Gasteiger partial charge in [0.25, 0.3) is 0 Å². The van der Waals surface area contributed by atoms with Crippen molar-refractivity contribution in [1.82, 2.24) is 10.3 Å². The lowest BCUT2D eigenvalue weighted by atomic mass is 10.0. The fourth-order valence-corrected chi connectivity index (χ4v) is 3.10. The summed E-state index contributed by atoms with van der Waals surface area (Å²) in [6.07, 6.45) is 6.24. The van der Waals surface area contributed by atoms with Crippen LogP contribution < -0.4 is 5.32 Å². The molecular formula is C22H27ClN2O. The van der Waals surface area contributed by atoms with Crippen LogP contribution in [-0.4, -0.2) is 16.1 Å². The first-order valence-electron chi connectivity index (χ1n) is 9.01. The molecule has 3 rings (SSSR count). The lowest BCUT2D eigenvalue weighted by molar-refractivity contribution is 0.162. The number of pyridine rings is 1. The zero-order chi connectivity index (χ0) is 17.5. The van der Waals surface area contributed by atoms with Crippen LogP contribution in [0.2, 0.25) is 0 Å². The molecule has 4 heteroatoms. The molecule has 0 fully saturated rings. The summed E-state index contributed by atoms with van der Waals surface area (Å²) in [6.45, 7) is 3.07. The first-order chi connectivity index (χ1) is 12.2. The number of hydrogen-bond donors (Lipinski definition) is 2. The van der Waals surface area contributed by atoms with Gasteiger partial charge in [-0.25, -0.2) is 0 Å². The molecule has 2 N–H and O–H groups in total. The molecule has 0 radical (unpaired) electrons. The molecule has 0 amide bonds. The summed E-state index contributed by atoms with van der Waals surface area (Å²) >= 11 is 0. The first kappa shape index (κ1) is 20.4. The summed E-state index contributed by atoms with van der Waals surface area (Å²) in [4.78, 5) is 4.15. The van der Waals surface area contributed by atoms with Crippen molar-refractivity contribution < 1.29 is 5.11 Å². The minimum Gasteiger partial charge on any atom is -0.388 e. The van der Waals surface area contributed by atoms with Crippen LogP contribution in [0, 0.1) is 0 Å². The van der Waals surface area contributed by atoms with Crippen molar-refractivity contribution >= 4 is 23.2 Å². The van der Waals surface area contributed by atoms with Gasteiger partial charge >= 0.3 is 0 Å². The van der Waals surface area contributed by atoms with Gasteiger partial charge in [0.1, 0.15) is 0 Å². The van der Waals surface area contributed by atoms with Gasteiger partial charge in [-0.15, -0.1) is 12.4 Å². The van der Waals surface area contributed by atoms with Crippen molar-refractivity contribution in [3.05, 3.63) is 78.1 Å². The maximum absolute atomic E-state index is 10.2. The molecule has 138 valence electrons. The van der Waals surface area contributed by atoms with Gasteiger partial charge in [0.15, 0.2) is 0 Å². The Hall–Kier alpha value is -1.94. The topological polar surface area (TPSA) is 45.1 Å². The Morgan fingerprint density at radius 3 is 2.62 bits per heavy atom. The summed E-state index contributed by atoms with van der Waals surface area (Å²) in [5, 5.41) is 16.2. The van der Waals surface area contributed by atoms with E-state index in [1.54, 1.807) is 0 Å². The maximum atomic E-state index is 10.2. The highest BCUT2D eigenvalue weighted by Gasteiger charge is 2.08. The van der Waals surface area contributed by atoms with Crippen molar-refractivity contribution in [2.24, 2.45) is 0 Å². The van der Waals surface area contributed by atoms with Gasteiger partial charge in [-0.05, 0) is 54.8 Å². The fraction of sp³-hybridized carbons (Fsp3) is 0.318. The van der Waals surface area contributed by atoms with E-state index in [4.69, 9.17) is 0 Å². The summed E-state index contributed by atoms with van der Waals surface area (Å²) in [6, 6.07) is 18.9. The molecule has 0 spiro atoms. The van der Waals surface area contributed by atoms with Crippen LogP contribution in [-0.2, 0) is 6.54 Å². The van der Waals surface area contributed by atoms with Crippen LogP contribution >= 0.6 is 12.4 Å². The molecule has 0 saturated carbocycles. The maximum Gasteiger partial charge on any atom is 0.0790 e.